The smallest absolute Gasteiger partial charge is 0.224 e. The minimum absolute atomic E-state index is 0.0693. The zero-order valence-corrected chi connectivity index (χ0v) is 17.2. The lowest BCUT2D eigenvalue weighted by atomic mass is 10.2. The van der Waals surface area contributed by atoms with E-state index in [1.165, 1.54) is 24.3 Å². The van der Waals surface area contributed by atoms with Crippen LogP contribution in [0.1, 0.15) is 23.5 Å². The van der Waals surface area contributed by atoms with E-state index in [0.29, 0.717) is 12.2 Å². The Hall–Kier alpha value is -2.36. The molecule has 9 heteroatoms. The lowest BCUT2D eigenvalue weighted by molar-refractivity contribution is -0.132. The van der Waals surface area contributed by atoms with E-state index in [9.17, 15) is 14.0 Å². The number of nitrogens with zero attached hydrogens (tertiary/aromatic N) is 3. The standard InChI is InChI=1S/C20H25FN4O3S/c1-24(12-17-14-29-19(23-17)13-25-8-10-28-11-9-25)20(27)7-6-18(26)22-16-4-2-15(21)3-5-16/h2-5,14H,6-13H2,1H3,(H,22,26). The van der Waals surface area contributed by atoms with E-state index in [0.717, 1.165) is 43.5 Å². The molecule has 2 aromatic rings. The number of amides is 2. The van der Waals surface area contributed by atoms with Crippen LogP contribution in [0, 0.1) is 5.82 Å². The van der Waals surface area contributed by atoms with Crippen LogP contribution in [0.2, 0.25) is 0 Å². The fraction of sp³-hybridized carbons (Fsp3) is 0.450. The summed E-state index contributed by atoms with van der Waals surface area (Å²) < 4.78 is 18.2. The summed E-state index contributed by atoms with van der Waals surface area (Å²) in [5.41, 5.74) is 1.36. The summed E-state index contributed by atoms with van der Waals surface area (Å²) in [5, 5.41) is 5.66. The van der Waals surface area contributed by atoms with Crippen LogP contribution in [0.5, 0.6) is 0 Å². The number of halogens is 1. The molecular formula is C20H25FN4O3S. The lowest BCUT2D eigenvalue weighted by Gasteiger charge is -2.25. The first kappa shape index (κ1) is 21.4. The van der Waals surface area contributed by atoms with Gasteiger partial charge in [-0.25, -0.2) is 9.37 Å². The van der Waals surface area contributed by atoms with Crippen molar-refractivity contribution >= 4 is 28.8 Å². The SMILES string of the molecule is CN(Cc1csc(CN2CCOCC2)n1)C(=O)CCC(=O)Nc1ccc(F)cc1. The molecule has 156 valence electrons. The first-order valence-corrected chi connectivity index (χ1v) is 10.4. The van der Waals surface area contributed by atoms with E-state index >= 15 is 0 Å². The Balaban J connectivity index is 1.40. The average molecular weight is 421 g/mol. The number of nitrogens with one attached hydrogen (secondary N) is 1. The second-order valence-corrected chi connectivity index (χ2v) is 7.87. The summed E-state index contributed by atoms with van der Waals surface area (Å²) in [6.07, 6.45) is 0.175. The molecule has 29 heavy (non-hydrogen) atoms. The highest BCUT2D eigenvalue weighted by Gasteiger charge is 2.16. The second kappa shape index (κ2) is 10.4. The molecule has 0 saturated carbocycles. The normalized spacial score (nSPS) is 14.6. The van der Waals surface area contributed by atoms with Gasteiger partial charge in [-0.3, -0.25) is 14.5 Å². The molecule has 0 radical (unpaired) electrons. The number of hydrogen-bond donors (Lipinski definition) is 1. The quantitative estimate of drug-likeness (QED) is 0.710. The number of ether oxygens (including phenoxy) is 1. The Labute approximate surface area is 173 Å². The van der Waals surface area contributed by atoms with Gasteiger partial charge < -0.3 is 15.0 Å². The van der Waals surface area contributed by atoms with Gasteiger partial charge in [-0.2, -0.15) is 0 Å². The van der Waals surface area contributed by atoms with Gasteiger partial charge in [0.2, 0.25) is 11.8 Å². The van der Waals surface area contributed by atoms with Gasteiger partial charge in [0.1, 0.15) is 10.8 Å². The molecule has 1 aromatic heterocycles. The molecule has 0 spiro atoms. The zero-order chi connectivity index (χ0) is 20.6. The molecule has 7 nitrogen and oxygen atoms in total. The van der Waals surface area contributed by atoms with E-state index in [-0.39, 0.29) is 30.5 Å². The number of hydrogen-bond acceptors (Lipinski definition) is 6. The highest BCUT2D eigenvalue weighted by Crippen LogP contribution is 2.15. The van der Waals surface area contributed by atoms with Crippen molar-refractivity contribution in [2.75, 3.05) is 38.7 Å². The molecule has 1 saturated heterocycles. The van der Waals surface area contributed by atoms with Gasteiger partial charge in [-0.1, -0.05) is 0 Å². The highest BCUT2D eigenvalue weighted by molar-refractivity contribution is 7.09. The fourth-order valence-electron chi connectivity index (χ4n) is 2.94. The maximum absolute atomic E-state index is 12.9. The minimum Gasteiger partial charge on any atom is -0.379 e. The molecule has 0 atom stereocenters. The highest BCUT2D eigenvalue weighted by atomic mass is 32.1. The Morgan fingerprint density at radius 1 is 1.24 bits per heavy atom. The van der Waals surface area contributed by atoms with Crippen LogP contribution >= 0.6 is 11.3 Å². The molecular weight excluding hydrogens is 395 g/mol. The molecule has 1 aromatic carbocycles. The van der Waals surface area contributed by atoms with E-state index in [4.69, 9.17) is 4.74 Å². The molecule has 0 unspecified atom stereocenters. The fourth-order valence-corrected chi connectivity index (χ4v) is 3.77. The Kier molecular flexibility index (Phi) is 7.68. The van der Waals surface area contributed by atoms with Crippen molar-refractivity contribution in [3.05, 3.63) is 46.2 Å². The summed E-state index contributed by atoms with van der Waals surface area (Å²) >= 11 is 1.60. The number of morpholine rings is 1. The Morgan fingerprint density at radius 3 is 2.69 bits per heavy atom. The van der Waals surface area contributed by atoms with Crippen LogP contribution < -0.4 is 5.32 Å². The zero-order valence-electron chi connectivity index (χ0n) is 16.4. The van der Waals surface area contributed by atoms with Crippen molar-refractivity contribution in [2.24, 2.45) is 0 Å². The maximum atomic E-state index is 12.9. The molecule has 2 amide bonds. The van der Waals surface area contributed by atoms with E-state index < -0.39 is 0 Å². The third kappa shape index (κ3) is 6.88. The summed E-state index contributed by atoms with van der Waals surface area (Å²) in [6.45, 7) is 4.54. The number of benzene rings is 1. The summed E-state index contributed by atoms with van der Waals surface area (Å²) in [7, 11) is 1.71. The topological polar surface area (TPSA) is 74.8 Å². The molecule has 1 aliphatic rings. The molecule has 1 N–H and O–H groups in total. The summed E-state index contributed by atoms with van der Waals surface area (Å²) in [5.74, 6) is -0.767. The van der Waals surface area contributed by atoms with Gasteiger partial charge in [-0.05, 0) is 24.3 Å². The van der Waals surface area contributed by atoms with Crippen LogP contribution in [0.3, 0.4) is 0 Å². The summed E-state index contributed by atoms with van der Waals surface area (Å²) in [4.78, 5) is 32.8. The van der Waals surface area contributed by atoms with Crippen LogP contribution in [-0.2, 0) is 27.4 Å². The molecule has 1 fully saturated rings. The van der Waals surface area contributed by atoms with Crippen LogP contribution in [0.25, 0.3) is 0 Å². The van der Waals surface area contributed by atoms with E-state index in [1.807, 2.05) is 5.38 Å². The van der Waals surface area contributed by atoms with Crippen LogP contribution in [-0.4, -0.2) is 59.9 Å². The third-order valence-electron chi connectivity index (χ3n) is 4.58. The predicted molar refractivity (Wildman–Crippen MR) is 109 cm³/mol. The van der Waals surface area contributed by atoms with Gasteiger partial charge >= 0.3 is 0 Å². The molecule has 2 heterocycles. The molecule has 0 bridgehead atoms. The van der Waals surface area contributed by atoms with E-state index in [2.05, 4.69) is 15.2 Å². The van der Waals surface area contributed by atoms with Crippen LogP contribution in [0.15, 0.2) is 29.6 Å². The number of thiazole rings is 1. The van der Waals surface area contributed by atoms with Gasteiger partial charge in [-0.15, -0.1) is 11.3 Å². The van der Waals surface area contributed by atoms with Crippen molar-refractivity contribution < 1.29 is 18.7 Å². The number of rotatable bonds is 8. The summed E-state index contributed by atoms with van der Waals surface area (Å²) in [6, 6.07) is 5.52. The van der Waals surface area contributed by atoms with Gasteiger partial charge in [0.15, 0.2) is 0 Å². The molecule has 1 aliphatic heterocycles. The predicted octanol–water partition coefficient (Wildman–Crippen LogP) is 2.49. The van der Waals surface area contributed by atoms with Crippen molar-refractivity contribution in [1.29, 1.82) is 0 Å². The monoisotopic (exact) mass is 420 g/mol. The van der Waals surface area contributed by atoms with Gasteiger partial charge in [0, 0.05) is 44.0 Å². The average Bonchev–Trinajstić information content (AvgIpc) is 3.15. The third-order valence-corrected chi connectivity index (χ3v) is 5.46. The van der Waals surface area contributed by atoms with Gasteiger partial charge in [0.05, 0.1) is 32.0 Å². The Morgan fingerprint density at radius 2 is 1.97 bits per heavy atom. The van der Waals surface area contributed by atoms with E-state index in [1.54, 1.807) is 23.3 Å². The number of anilines is 1. The van der Waals surface area contributed by atoms with Crippen LogP contribution in [0.4, 0.5) is 10.1 Å². The lowest BCUT2D eigenvalue weighted by Crippen LogP contribution is -2.35. The number of carbonyl (C=O) groups is 2. The minimum atomic E-state index is -0.366. The Bertz CT molecular complexity index is 821. The molecule has 3 rings (SSSR count). The number of aromatic nitrogens is 1. The van der Waals surface area contributed by atoms with Crippen molar-refractivity contribution in [1.82, 2.24) is 14.8 Å². The first-order chi connectivity index (χ1) is 14.0. The largest absolute Gasteiger partial charge is 0.379 e. The number of carbonyl (C=O) groups excluding carboxylic acids is 2. The molecule has 0 aliphatic carbocycles. The maximum Gasteiger partial charge on any atom is 0.224 e. The van der Waals surface area contributed by atoms with Gasteiger partial charge in [0.25, 0.3) is 0 Å². The van der Waals surface area contributed by atoms with Crippen molar-refractivity contribution in [3.63, 3.8) is 0 Å². The second-order valence-electron chi connectivity index (χ2n) is 6.93. The van der Waals surface area contributed by atoms with Crippen molar-refractivity contribution in [2.45, 2.75) is 25.9 Å². The van der Waals surface area contributed by atoms with Crippen molar-refractivity contribution in [3.8, 4) is 0 Å². The first-order valence-electron chi connectivity index (χ1n) is 9.52.